The van der Waals surface area contributed by atoms with E-state index in [1.54, 1.807) is 35.9 Å². The Hall–Kier alpha value is -3.16. The van der Waals surface area contributed by atoms with Gasteiger partial charge in [-0.15, -0.1) is 0 Å². The van der Waals surface area contributed by atoms with Crippen LogP contribution in [0.15, 0.2) is 65.6 Å². The number of hydrogen-bond acceptors (Lipinski definition) is 5. The average Bonchev–Trinajstić information content (AvgIpc) is 3.15. The first-order chi connectivity index (χ1) is 14.0. The van der Waals surface area contributed by atoms with Gasteiger partial charge >= 0.3 is 0 Å². The van der Waals surface area contributed by atoms with Crippen LogP contribution in [0.3, 0.4) is 0 Å². The van der Waals surface area contributed by atoms with Crippen molar-refractivity contribution >= 4 is 22.6 Å². The van der Waals surface area contributed by atoms with Crippen LogP contribution < -0.4 is 10.3 Å². The van der Waals surface area contributed by atoms with E-state index in [4.69, 9.17) is 16.3 Å². The number of hydrogen-bond donors (Lipinski definition) is 1. The number of fused-ring (bicyclic) bond motifs is 1. The minimum atomic E-state index is -0.884. The maximum atomic E-state index is 12.9. The van der Waals surface area contributed by atoms with Crippen molar-refractivity contribution in [3.8, 4) is 11.4 Å². The van der Waals surface area contributed by atoms with E-state index in [1.165, 1.54) is 10.8 Å². The number of halogens is 1. The summed E-state index contributed by atoms with van der Waals surface area (Å²) < 4.78 is 8.64. The molecule has 8 heteroatoms. The van der Waals surface area contributed by atoms with Crippen LogP contribution in [-0.2, 0) is 6.54 Å². The van der Waals surface area contributed by atoms with Crippen molar-refractivity contribution in [2.75, 3.05) is 6.61 Å². The van der Waals surface area contributed by atoms with Crippen molar-refractivity contribution < 1.29 is 9.84 Å². The molecule has 0 aliphatic carbocycles. The predicted octanol–water partition coefficient (Wildman–Crippen LogP) is 2.98. The predicted molar refractivity (Wildman–Crippen MR) is 111 cm³/mol. The highest BCUT2D eigenvalue weighted by molar-refractivity contribution is 6.30. The smallest absolute Gasteiger partial charge is 0.264 e. The van der Waals surface area contributed by atoms with Crippen LogP contribution in [0, 0.1) is 6.92 Å². The zero-order chi connectivity index (χ0) is 20.4. The van der Waals surface area contributed by atoms with Gasteiger partial charge in [-0.25, -0.2) is 9.67 Å². The molecule has 0 amide bonds. The number of aryl methyl sites for hydroxylation is 1. The van der Waals surface area contributed by atoms with Gasteiger partial charge in [0.15, 0.2) is 5.65 Å². The average molecular weight is 411 g/mol. The van der Waals surface area contributed by atoms with E-state index in [0.29, 0.717) is 27.6 Å². The number of aromatic nitrogens is 4. The fourth-order valence-corrected chi connectivity index (χ4v) is 3.19. The normalized spacial score (nSPS) is 12.2. The number of benzene rings is 2. The van der Waals surface area contributed by atoms with Crippen LogP contribution in [0.25, 0.3) is 16.7 Å². The van der Waals surface area contributed by atoms with E-state index in [-0.39, 0.29) is 18.7 Å². The van der Waals surface area contributed by atoms with E-state index >= 15 is 0 Å². The van der Waals surface area contributed by atoms with Crippen molar-refractivity contribution in [1.29, 1.82) is 0 Å². The van der Waals surface area contributed by atoms with Crippen molar-refractivity contribution in [1.82, 2.24) is 19.3 Å². The largest absolute Gasteiger partial charge is 0.491 e. The van der Waals surface area contributed by atoms with Gasteiger partial charge in [-0.2, -0.15) is 5.10 Å². The molecule has 0 spiro atoms. The Morgan fingerprint density at radius 1 is 1.14 bits per heavy atom. The van der Waals surface area contributed by atoms with Gasteiger partial charge in [0.1, 0.15) is 29.7 Å². The van der Waals surface area contributed by atoms with Gasteiger partial charge in [0.2, 0.25) is 0 Å². The second kappa shape index (κ2) is 8.06. The van der Waals surface area contributed by atoms with Crippen LogP contribution in [0.5, 0.6) is 5.75 Å². The quantitative estimate of drug-likeness (QED) is 0.528. The fraction of sp³-hybridized carbons (Fsp3) is 0.190. The molecule has 0 aliphatic heterocycles. The second-order valence-corrected chi connectivity index (χ2v) is 7.06. The lowest BCUT2D eigenvalue weighted by Crippen LogP contribution is -2.32. The third-order valence-corrected chi connectivity index (χ3v) is 4.78. The van der Waals surface area contributed by atoms with Gasteiger partial charge in [0, 0.05) is 5.02 Å². The number of ether oxygens (including phenoxy) is 1. The molecule has 1 N–H and O–H groups in total. The Labute approximate surface area is 171 Å². The summed E-state index contributed by atoms with van der Waals surface area (Å²) in [7, 11) is 0. The summed E-state index contributed by atoms with van der Waals surface area (Å²) >= 11 is 5.85. The third kappa shape index (κ3) is 4.01. The van der Waals surface area contributed by atoms with Gasteiger partial charge in [-0.1, -0.05) is 29.8 Å². The molecule has 0 fully saturated rings. The van der Waals surface area contributed by atoms with E-state index in [9.17, 15) is 9.90 Å². The SMILES string of the molecule is Cc1nc2c(cnn2-c2ccccc2)c(=O)n1C[C@@H](O)COc1ccc(Cl)cc1. The van der Waals surface area contributed by atoms with Crippen molar-refractivity contribution in [3.63, 3.8) is 0 Å². The molecule has 0 aliphatic rings. The second-order valence-electron chi connectivity index (χ2n) is 6.62. The maximum absolute atomic E-state index is 12.9. The van der Waals surface area contributed by atoms with Crippen LogP contribution in [-0.4, -0.2) is 37.1 Å². The topological polar surface area (TPSA) is 82.2 Å². The minimum absolute atomic E-state index is 0.0365. The summed E-state index contributed by atoms with van der Waals surface area (Å²) in [6, 6.07) is 16.4. The van der Waals surface area contributed by atoms with Crippen LogP contribution >= 0.6 is 11.6 Å². The summed E-state index contributed by atoms with van der Waals surface area (Å²) in [5.41, 5.74) is 1.06. The zero-order valence-electron chi connectivity index (χ0n) is 15.7. The monoisotopic (exact) mass is 410 g/mol. The molecule has 29 heavy (non-hydrogen) atoms. The highest BCUT2D eigenvalue weighted by atomic mass is 35.5. The summed E-state index contributed by atoms with van der Waals surface area (Å²) in [5, 5.41) is 15.7. The first kappa shape index (κ1) is 19.2. The van der Waals surface area contributed by atoms with Crippen LogP contribution in [0.2, 0.25) is 5.02 Å². The molecule has 2 aromatic carbocycles. The lowest BCUT2D eigenvalue weighted by atomic mass is 10.3. The molecule has 4 rings (SSSR count). The molecular weight excluding hydrogens is 392 g/mol. The van der Waals surface area contributed by atoms with E-state index in [2.05, 4.69) is 10.1 Å². The van der Waals surface area contributed by atoms with E-state index in [1.807, 2.05) is 30.3 Å². The molecule has 0 saturated carbocycles. The van der Waals surface area contributed by atoms with Gasteiger partial charge in [0.25, 0.3) is 5.56 Å². The van der Waals surface area contributed by atoms with Crippen LogP contribution in [0.1, 0.15) is 5.82 Å². The fourth-order valence-electron chi connectivity index (χ4n) is 3.07. The van der Waals surface area contributed by atoms with E-state index in [0.717, 1.165) is 5.69 Å². The van der Waals surface area contributed by atoms with Crippen molar-refractivity contribution in [3.05, 3.63) is 82.0 Å². The molecule has 148 valence electrons. The summed E-state index contributed by atoms with van der Waals surface area (Å²) in [4.78, 5) is 17.5. The van der Waals surface area contributed by atoms with Gasteiger partial charge in [-0.3, -0.25) is 9.36 Å². The Morgan fingerprint density at radius 3 is 2.59 bits per heavy atom. The standard InChI is InChI=1S/C21H19ClN4O3/c1-14-24-20-19(11-23-26(20)16-5-3-2-4-6-16)21(28)25(14)12-17(27)13-29-18-9-7-15(22)8-10-18/h2-11,17,27H,12-13H2,1H3/t17-/m1/s1. The Balaban J connectivity index is 1.56. The summed E-state index contributed by atoms with van der Waals surface area (Å²) in [6.07, 6.45) is 0.620. The first-order valence-electron chi connectivity index (χ1n) is 9.10. The molecule has 2 heterocycles. The maximum Gasteiger partial charge on any atom is 0.264 e. The van der Waals surface area contributed by atoms with Crippen molar-refractivity contribution in [2.24, 2.45) is 0 Å². The Kier molecular flexibility index (Phi) is 5.33. The molecule has 0 saturated heterocycles. The molecule has 2 aromatic heterocycles. The molecule has 7 nitrogen and oxygen atoms in total. The molecule has 1 atom stereocenters. The van der Waals surface area contributed by atoms with Crippen molar-refractivity contribution in [2.45, 2.75) is 19.6 Å². The summed E-state index contributed by atoms with van der Waals surface area (Å²) in [6.45, 7) is 1.84. The number of aliphatic hydroxyl groups excluding tert-OH is 1. The number of para-hydroxylation sites is 1. The Bertz CT molecular complexity index is 1190. The highest BCUT2D eigenvalue weighted by Crippen LogP contribution is 2.16. The molecule has 0 radical (unpaired) electrons. The zero-order valence-corrected chi connectivity index (χ0v) is 16.5. The van der Waals surface area contributed by atoms with Gasteiger partial charge in [-0.05, 0) is 43.3 Å². The van der Waals surface area contributed by atoms with Gasteiger partial charge in [0.05, 0.1) is 18.4 Å². The first-order valence-corrected chi connectivity index (χ1v) is 9.48. The lowest BCUT2D eigenvalue weighted by Gasteiger charge is -2.16. The highest BCUT2D eigenvalue weighted by Gasteiger charge is 2.16. The summed E-state index contributed by atoms with van der Waals surface area (Å²) in [5.74, 6) is 1.08. The lowest BCUT2D eigenvalue weighted by molar-refractivity contribution is 0.0909. The van der Waals surface area contributed by atoms with Gasteiger partial charge < -0.3 is 9.84 Å². The number of nitrogens with zero attached hydrogens (tertiary/aromatic N) is 4. The Morgan fingerprint density at radius 2 is 1.86 bits per heavy atom. The molecular formula is C21H19ClN4O3. The molecule has 0 bridgehead atoms. The van der Waals surface area contributed by atoms with E-state index < -0.39 is 6.10 Å². The molecule has 0 unspecified atom stereocenters. The number of aliphatic hydroxyl groups is 1. The minimum Gasteiger partial charge on any atom is -0.491 e. The number of rotatable bonds is 6. The third-order valence-electron chi connectivity index (χ3n) is 4.53. The molecule has 4 aromatic rings. The van der Waals surface area contributed by atoms with Crippen LogP contribution in [0.4, 0.5) is 0 Å².